The molecule has 4 heteroatoms. The van der Waals surface area contributed by atoms with Crippen molar-refractivity contribution in [3.05, 3.63) is 0 Å². The van der Waals surface area contributed by atoms with Crippen LogP contribution in [0, 0.1) is 23.7 Å². The summed E-state index contributed by atoms with van der Waals surface area (Å²) >= 11 is 0. The summed E-state index contributed by atoms with van der Waals surface area (Å²) in [6.45, 7) is 1.96. The summed E-state index contributed by atoms with van der Waals surface area (Å²) in [6, 6.07) is 0.866. The Kier molecular flexibility index (Phi) is 2.94. The van der Waals surface area contributed by atoms with Crippen LogP contribution in [0.4, 0.5) is 4.79 Å². The Labute approximate surface area is 115 Å². The Bertz CT molecular complexity index is 336. The van der Waals surface area contributed by atoms with Crippen molar-refractivity contribution in [1.29, 1.82) is 0 Å². The number of amides is 2. The predicted molar refractivity (Wildman–Crippen MR) is 73.8 cm³/mol. The zero-order valence-electron chi connectivity index (χ0n) is 11.5. The van der Waals surface area contributed by atoms with Gasteiger partial charge < -0.3 is 16.0 Å². The van der Waals surface area contributed by atoms with Crippen molar-refractivity contribution >= 4 is 6.03 Å². The molecule has 1 atom stereocenters. The minimum atomic E-state index is 0.0752. The van der Waals surface area contributed by atoms with Gasteiger partial charge in [-0.05, 0) is 68.7 Å². The van der Waals surface area contributed by atoms with Gasteiger partial charge in [0, 0.05) is 18.6 Å². The lowest BCUT2D eigenvalue weighted by atomic mass is 9.54. The van der Waals surface area contributed by atoms with Gasteiger partial charge in [-0.15, -0.1) is 0 Å². The van der Waals surface area contributed by atoms with Gasteiger partial charge in [-0.25, -0.2) is 4.79 Å². The lowest BCUT2D eigenvalue weighted by Crippen LogP contribution is -2.58. The fourth-order valence-corrected chi connectivity index (χ4v) is 5.32. The maximum Gasteiger partial charge on any atom is 0.315 e. The van der Waals surface area contributed by atoms with Crippen LogP contribution in [0.3, 0.4) is 0 Å². The standard InChI is InChI=1S/C15H25N3O/c19-15(17-13-1-2-16-8-13)18-14-11-4-9-3-10(6-11)7-12(14)5-9/h9-14,16H,1-8H2,(H2,17,18,19). The van der Waals surface area contributed by atoms with E-state index in [2.05, 4.69) is 16.0 Å². The van der Waals surface area contributed by atoms with Crippen molar-refractivity contribution < 1.29 is 4.79 Å². The van der Waals surface area contributed by atoms with Crippen LogP contribution in [0.25, 0.3) is 0 Å². The van der Waals surface area contributed by atoms with E-state index in [-0.39, 0.29) is 6.03 Å². The Morgan fingerprint density at radius 2 is 1.63 bits per heavy atom. The van der Waals surface area contributed by atoms with Gasteiger partial charge in [0.2, 0.25) is 0 Å². The summed E-state index contributed by atoms with van der Waals surface area (Å²) in [6.07, 6.45) is 7.99. The first kappa shape index (κ1) is 12.0. The van der Waals surface area contributed by atoms with Crippen molar-refractivity contribution in [2.24, 2.45) is 23.7 Å². The molecule has 3 N–H and O–H groups in total. The molecule has 19 heavy (non-hydrogen) atoms. The van der Waals surface area contributed by atoms with E-state index in [1.807, 2.05) is 0 Å². The molecule has 0 radical (unpaired) electrons. The first-order valence-corrected chi connectivity index (χ1v) is 8.05. The van der Waals surface area contributed by atoms with E-state index in [1.165, 1.54) is 32.1 Å². The molecular weight excluding hydrogens is 238 g/mol. The number of carbonyl (C=O) groups excluding carboxylic acids is 1. The number of nitrogens with one attached hydrogen (secondary N) is 3. The van der Waals surface area contributed by atoms with Gasteiger partial charge >= 0.3 is 6.03 Å². The predicted octanol–water partition coefficient (Wildman–Crippen LogP) is 1.47. The SMILES string of the molecule is O=C(NC1CCNC1)NC1C2CC3CC(C2)CC1C3. The van der Waals surface area contributed by atoms with Crippen molar-refractivity contribution in [2.75, 3.05) is 13.1 Å². The van der Waals surface area contributed by atoms with Gasteiger partial charge in [-0.3, -0.25) is 0 Å². The van der Waals surface area contributed by atoms with Gasteiger partial charge in [0.15, 0.2) is 0 Å². The summed E-state index contributed by atoms with van der Waals surface area (Å²) < 4.78 is 0. The number of carbonyl (C=O) groups is 1. The van der Waals surface area contributed by atoms with Crippen molar-refractivity contribution in [2.45, 2.75) is 50.6 Å². The van der Waals surface area contributed by atoms with E-state index >= 15 is 0 Å². The Morgan fingerprint density at radius 3 is 2.21 bits per heavy atom. The van der Waals surface area contributed by atoms with E-state index in [9.17, 15) is 4.79 Å². The maximum absolute atomic E-state index is 12.1. The second-order valence-corrected chi connectivity index (χ2v) is 7.26. The number of hydrogen-bond donors (Lipinski definition) is 3. The van der Waals surface area contributed by atoms with Crippen LogP contribution in [0.15, 0.2) is 0 Å². The van der Waals surface area contributed by atoms with E-state index in [1.54, 1.807) is 0 Å². The maximum atomic E-state index is 12.1. The lowest BCUT2D eigenvalue weighted by molar-refractivity contribution is -0.00950. The molecule has 1 saturated heterocycles. The highest BCUT2D eigenvalue weighted by atomic mass is 16.2. The fraction of sp³-hybridized carbons (Fsp3) is 0.933. The second kappa shape index (κ2) is 4.65. The van der Waals surface area contributed by atoms with Crippen LogP contribution >= 0.6 is 0 Å². The van der Waals surface area contributed by atoms with E-state index in [0.717, 1.165) is 43.2 Å². The monoisotopic (exact) mass is 263 g/mol. The lowest BCUT2D eigenvalue weighted by Gasteiger charge is -2.54. The van der Waals surface area contributed by atoms with Gasteiger partial charge in [0.25, 0.3) is 0 Å². The van der Waals surface area contributed by atoms with Crippen molar-refractivity contribution in [1.82, 2.24) is 16.0 Å². The second-order valence-electron chi connectivity index (χ2n) is 7.26. The Morgan fingerprint density at radius 1 is 0.947 bits per heavy atom. The summed E-state index contributed by atoms with van der Waals surface area (Å²) in [4.78, 5) is 12.1. The minimum absolute atomic E-state index is 0.0752. The molecule has 4 nitrogen and oxygen atoms in total. The zero-order chi connectivity index (χ0) is 12.8. The average molecular weight is 263 g/mol. The molecule has 1 heterocycles. The molecule has 1 aliphatic heterocycles. The first-order chi connectivity index (χ1) is 9.28. The van der Waals surface area contributed by atoms with Crippen LogP contribution in [0.2, 0.25) is 0 Å². The highest BCUT2D eigenvalue weighted by Crippen LogP contribution is 2.53. The quantitative estimate of drug-likeness (QED) is 0.707. The van der Waals surface area contributed by atoms with Crippen LogP contribution < -0.4 is 16.0 Å². The molecule has 5 aliphatic rings. The molecule has 4 aliphatic carbocycles. The highest BCUT2D eigenvalue weighted by molar-refractivity contribution is 5.74. The van der Waals surface area contributed by atoms with E-state index < -0.39 is 0 Å². The van der Waals surface area contributed by atoms with E-state index in [0.29, 0.717) is 12.1 Å². The zero-order valence-corrected chi connectivity index (χ0v) is 11.5. The summed E-state index contributed by atoms with van der Waals surface area (Å²) in [5, 5.41) is 9.73. The third-order valence-corrected chi connectivity index (χ3v) is 5.92. The molecular formula is C15H25N3O. The molecule has 4 bridgehead atoms. The molecule has 106 valence electrons. The Balaban J connectivity index is 1.36. The summed E-state index contributed by atoms with van der Waals surface area (Å²) in [5.74, 6) is 3.48. The highest BCUT2D eigenvalue weighted by Gasteiger charge is 2.48. The van der Waals surface area contributed by atoms with E-state index in [4.69, 9.17) is 0 Å². The van der Waals surface area contributed by atoms with Crippen LogP contribution in [0.5, 0.6) is 0 Å². The van der Waals surface area contributed by atoms with Crippen LogP contribution in [-0.2, 0) is 0 Å². The molecule has 4 saturated carbocycles. The normalized spacial score (nSPS) is 47.4. The van der Waals surface area contributed by atoms with Gasteiger partial charge in [-0.2, -0.15) is 0 Å². The molecule has 0 aromatic heterocycles. The first-order valence-electron chi connectivity index (χ1n) is 8.05. The molecule has 5 rings (SSSR count). The van der Waals surface area contributed by atoms with Gasteiger partial charge in [0.05, 0.1) is 0 Å². The fourth-order valence-electron chi connectivity index (χ4n) is 5.32. The molecule has 1 unspecified atom stereocenters. The molecule has 0 aromatic carbocycles. The van der Waals surface area contributed by atoms with Crippen LogP contribution in [-0.4, -0.2) is 31.2 Å². The summed E-state index contributed by atoms with van der Waals surface area (Å²) in [5.41, 5.74) is 0. The molecule has 0 aromatic rings. The van der Waals surface area contributed by atoms with Gasteiger partial charge in [0.1, 0.15) is 0 Å². The van der Waals surface area contributed by atoms with Gasteiger partial charge in [-0.1, -0.05) is 0 Å². The van der Waals surface area contributed by atoms with Crippen molar-refractivity contribution in [3.63, 3.8) is 0 Å². The summed E-state index contributed by atoms with van der Waals surface area (Å²) in [7, 11) is 0. The molecule has 2 amide bonds. The molecule has 0 spiro atoms. The number of urea groups is 1. The number of rotatable bonds is 2. The average Bonchev–Trinajstić information content (AvgIpc) is 2.85. The molecule has 5 fully saturated rings. The van der Waals surface area contributed by atoms with Crippen molar-refractivity contribution in [3.8, 4) is 0 Å². The Hall–Kier alpha value is -0.770. The third-order valence-electron chi connectivity index (χ3n) is 5.92. The van der Waals surface area contributed by atoms with Crippen LogP contribution in [0.1, 0.15) is 38.5 Å². The largest absolute Gasteiger partial charge is 0.335 e. The third kappa shape index (κ3) is 2.24. The smallest absolute Gasteiger partial charge is 0.315 e. The minimum Gasteiger partial charge on any atom is -0.335 e. The number of hydrogen-bond acceptors (Lipinski definition) is 2. The topological polar surface area (TPSA) is 53.2 Å².